The molecule has 1 saturated heterocycles. The molecule has 0 saturated carbocycles. The zero-order valence-corrected chi connectivity index (χ0v) is 12.9. The van der Waals surface area contributed by atoms with Crippen LogP contribution in [0.1, 0.15) is 41.4 Å². The number of amides is 1. The molecular weight excluding hydrogens is 280 g/mol. The molecular formula is C15H20N6O. The van der Waals surface area contributed by atoms with Crippen molar-refractivity contribution in [3.05, 3.63) is 35.9 Å². The highest BCUT2D eigenvalue weighted by Crippen LogP contribution is 2.31. The Kier molecular flexibility index (Phi) is 4.04. The van der Waals surface area contributed by atoms with Crippen LogP contribution in [0.2, 0.25) is 0 Å². The topological polar surface area (TPSA) is 75.9 Å². The quantitative estimate of drug-likeness (QED) is 0.932. The maximum Gasteiger partial charge on any atom is 0.257 e. The average Bonchev–Trinajstić information content (AvgIpc) is 3.00. The molecule has 2 aromatic heterocycles. The molecule has 1 amide bonds. The lowest BCUT2D eigenvalue weighted by atomic mass is 9.98. The number of hydrogen-bond acceptors (Lipinski definition) is 5. The van der Waals surface area contributed by atoms with Crippen molar-refractivity contribution in [1.29, 1.82) is 0 Å². The fourth-order valence-electron chi connectivity index (χ4n) is 2.86. The number of rotatable bonds is 3. The average molecular weight is 300 g/mol. The minimum Gasteiger partial charge on any atom is -0.357 e. The zero-order chi connectivity index (χ0) is 15.5. The molecule has 1 aliphatic rings. The second-order valence-corrected chi connectivity index (χ2v) is 5.47. The van der Waals surface area contributed by atoms with Crippen molar-refractivity contribution >= 4 is 11.9 Å². The molecule has 0 unspecified atom stereocenters. The summed E-state index contributed by atoms with van der Waals surface area (Å²) in [5.74, 6) is 0.597. The van der Waals surface area contributed by atoms with Crippen LogP contribution in [-0.4, -0.2) is 44.1 Å². The van der Waals surface area contributed by atoms with Gasteiger partial charge in [-0.3, -0.25) is 9.48 Å². The predicted octanol–water partition coefficient (Wildman–Crippen LogP) is 1.62. The Morgan fingerprint density at radius 1 is 1.41 bits per heavy atom. The van der Waals surface area contributed by atoms with Crippen molar-refractivity contribution in [3.8, 4) is 0 Å². The largest absolute Gasteiger partial charge is 0.357 e. The minimum atomic E-state index is -0.00319. The van der Waals surface area contributed by atoms with Gasteiger partial charge >= 0.3 is 0 Å². The number of aryl methyl sites for hydroxylation is 1. The number of aromatic nitrogens is 4. The summed E-state index contributed by atoms with van der Waals surface area (Å²) in [5.41, 5.74) is 1.51. The Hall–Kier alpha value is -2.44. The van der Waals surface area contributed by atoms with Gasteiger partial charge in [0.25, 0.3) is 5.91 Å². The maximum absolute atomic E-state index is 12.8. The van der Waals surface area contributed by atoms with E-state index in [4.69, 9.17) is 0 Å². The smallest absolute Gasteiger partial charge is 0.257 e. The lowest BCUT2D eigenvalue weighted by Gasteiger charge is -2.35. The van der Waals surface area contributed by atoms with Gasteiger partial charge in [-0.25, -0.2) is 9.97 Å². The van der Waals surface area contributed by atoms with Gasteiger partial charge in [-0.15, -0.1) is 0 Å². The Labute approximate surface area is 129 Å². The van der Waals surface area contributed by atoms with Crippen LogP contribution in [-0.2, 0) is 7.05 Å². The van der Waals surface area contributed by atoms with Crippen molar-refractivity contribution in [1.82, 2.24) is 24.6 Å². The lowest BCUT2D eigenvalue weighted by Crippen LogP contribution is -2.38. The molecule has 1 aliphatic heterocycles. The van der Waals surface area contributed by atoms with Crippen LogP contribution in [0, 0.1) is 0 Å². The Balaban J connectivity index is 1.89. The molecule has 3 rings (SSSR count). The van der Waals surface area contributed by atoms with E-state index in [1.807, 2.05) is 18.0 Å². The SMILES string of the molecule is CNc1nccc([C@H]2CCCCN2C(=O)c2cnn(C)c2)n1. The second-order valence-electron chi connectivity index (χ2n) is 5.47. The van der Waals surface area contributed by atoms with Crippen molar-refractivity contribution in [2.75, 3.05) is 18.9 Å². The highest BCUT2D eigenvalue weighted by Gasteiger charge is 2.30. The molecule has 1 N–H and O–H groups in total. The molecule has 22 heavy (non-hydrogen) atoms. The third kappa shape index (κ3) is 2.79. The van der Waals surface area contributed by atoms with E-state index in [-0.39, 0.29) is 11.9 Å². The lowest BCUT2D eigenvalue weighted by molar-refractivity contribution is 0.0606. The van der Waals surface area contributed by atoms with Crippen LogP contribution in [0.15, 0.2) is 24.7 Å². The van der Waals surface area contributed by atoms with Gasteiger partial charge in [0.15, 0.2) is 0 Å². The van der Waals surface area contributed by atoms with Gasteiger partial charge in [-0.1, -0.05) is 0 Å². The summed E-state index contributed by atoms with van der Waals surface area (Å²) in [4.78, 5) is 23.3. The summed E-state index contributed by atoms with van der Waals surface area (Å²) in [5, 5.41) is 7.04. The number of anilines is 1. The van der Waals surface area contributed by atoms with Crippen LogP contribution in [0.4, 0.5) is 5.95 Å². The van der Waals surface area contributed by atoms with Gasteiger partial charge in [0.05, 0.1) is 23.5 Å². The van der Waals surface area contributed by atoms with Gasteiger partial charge < -0.3 is 10.2 Å². The molecule has 7 nitrogen and oxygen atoms in total. The monoisotopic (exact) mass is 300 g/mol. The normalized spacial score (nSPS) is 18.3. The van der Waals surface area contributed by atoms with Gasteiger partial charge in [-0.05, 0) is 25.3 Å². The van der Waals surface area contributed by atoms with E-state index in [1.165, 1.54) is 0 Å². The standard InChI is InChI=1S/C15H20N6O/c1-16-15-17-7-6-12(19-15)13-5-3-4-8-21(13)14(22)11-9-18-20(2)10-11/h6-7,9-10,13H,3-5,8H2,1-2H3,(H,16,17,19)/t13-/m1/s1. The van der Waals surface area contributed by atoms with E-state index in [9.17, 15) is 4.79 Å². The van der Waals surface area contributed by atoms with Gasteiger partial charge in [0.2, 0.25) is 5.95 Å². The molecule has 3 heterocycles. The first kappa shape index (κ1) is 14.5. The second kappa shape index (κ2) is 6.13. The van der Waals surface area contributed by atoms with Gasteiger partial charge in [0, 0.05) is 33.0 Å². The molecule has 116 valence electrons. The van der Waals surface area contributed by atoms with Crippen LogP contribution in [0.3, 0.4) is 0 Å². The molecule has 0 spiro atoms. The van der Waals surface area contributed by atoms with Crippen LogP contribution >= 0.6 is 0 Å². The number of carbonyl (C=O) groups excluding carboxylic acids is 1. The van der Waals surface area contributed by atoms with E-state index in [2.05, 4.69) is 20.4 Å². The Bertz CT molecular complexity index is 668. The fourth-order valence-corrected chi connectivity index (χ4v) is 2.86. The number of nitrogens with zero attached hydrogens (tertiary/aromatic N) is 5. The highest BCUT2D eigenvalue weighted by atomic mass is 16.2. The number of piperidine rings is 1. The zero-order valence-electron chi connectivity index (χ0n) is 12.9. The molecule has 0 radical (unpaired) electrons. The molecule has 0 aliphatic carbocycles. The van der Waals surface area contributed by atoms with E-state index in [0.717, 1.165) is 31.5 Å². The highest BCUT2D eigenvalue weighted by molar-refractivity contribution is 5.94. The first-order chi connectivity index (χ1) is 10.7. The Morgan fingerprint density at radius 2 is 2.27 bits per heavy atom. The molecule has 2 aromatic rings. The third-order valence-electron chi connectivity index (χ3n) is 3.96. The minimum absolute atomic E-state index is 0.00319. The number of hydrogen-bond donors (Lipinski definition) is 1. The van der Waals surface area contributed by atoms with E-state index < -0.39 is 0 Å². The first-order valence-electron chi connectivity index (χ1n) is 7.49. The predicted molar refractivity (Wildman–Crippen MR) is 82.4 cm³/mol. The summed E-state index contributed by atoms with van der Waals surface area (Å²) in [7, 11) is 3.60. The fraction of sp³-hybridized carbons (Fsp3) is 0.467. The van der Waals surface area contributed by atoms with Crippen molar-refractivity contribution in [2.45, 2.75) is 25.3 Å². The molecule has 0 aromatic carbocycles. The molecule has 1 fully saturated rings. The van der Waals surface area contributed by atoms with Crippen LogP contribution in [0.5, 0.6) is 0 Å². The molecule has 1 atom stereocenters. The summed E-state index contributed by atoms with van der Waals surface area (Å²) in [6, 6.07) is 1.89. The van der Waals surface area contributed by atoms with Crippen molar-refractivity contribution in [3.63, 3.8) is 0 Å². The summed E-state index contributed by atoms with van der Waals surface area (Å²) in [6.45, 7) is 0.747. The van der Waals surface area contributed by atoms with Crippen LogP contribution in [0.25, 0.3) is 0 Å². The van der Waals surface area contributed by atoms with Gasteiger partial charge in [0.1, 0.15) is 0 Å². The molecule has 7 heteroatoms. The van der Waals surface area contributed by atoms with Crippen molar-refractivity contribution < 1.29 is 4.79 Å². The first-order valence-corrected chi connectivity index (χ1v) is 7.49. The van der Waals surface area contributed by atoms with E-state index in [1.54, 1.807) is 30.3 Å². The third-order valence-corrected chi connectivity index (χ3v) is 3.96. The maximum atomic E-state index is 12.8. The number of carbonyl (C=O) groups is 1. The summed E-state index contributed by atoms with van der Waals surface area (Å²) >= 11 is 0. The number of likely N-dealkylation sites (tertiary alicyclic amines) is 1. The number of nitrogens with one attached hydrogen (secondary N) is 1. The van der Waals surface area contributed by atoms with Crippen molar-refractivity contribution in [2.24, 2.45) is 7.05 Å². The van der Waals surface area contributed by atoms with E-state index in [0.29, 0.717) is 11.5 Å². The summed E-state index contributed by atoms with van der Waals surface area (Å²) in [6.07, 6.45) is 8.15. The van der Waals surface area contributed by atoms with Crippen LogP contribution < -0.4 is 5.32 Å². The summed E-state index contributed by atoms with van der Waals surface area (Å²) < 4.78 is 1.65. The molecule has 0 bridgehead atoms. The Morgan fingerprint density at radius 3 is 3.00 bits per heavy atom. The van der Waals surface area contributed by atoms with E-state index >= 15 is 0 Å². The van der Waals surface area contributed by atoms with Gasteiger partial charge in [-0.2, -0.15) is 5.10 Å².